The van der Waals surface area contributed by atoms with Crippen molar-refractivity contribution in [1.82, 2.24) is 5.32 Å². The van der Waals surface area contributed by atoms with Gasteiger partial charge in [0, 0.05) is 5.70 Å². The molecule has 2 N–H and O–H groups in total. The van der Waals surface area contributed by atoms with Gasteiger partial charge in [0.05, 0.1) is 28.9 Å². The lowest BCUT2D eigenvalue weighted by atomic mass is 9.82. The van der Waals surface area contributed by atoms with E-state index in [0.29, 0.717) is 0 Å². The predicted molar refractivity (Wildman–Crippen MR) is 80.2 cm³/mol. The van der Waals surface area contributed by atoms with Crippen molar-refractivity contribution < 1.29 is 32.8 Å². The van der Waals surface area contributed by atoms with Gasteiger partial charge in [0.15, 0.2) is 0 Å². The summed E-state index contributed by atoms with van der Waals surface area (Å²) in [5, 5.41) is 12.2. The fourth-order valence-corrected chi connectivity index (χ4v) is 2.93. The first-order chi connectivity index (χ1) is 11.6. The van der Waals surface area contributed by atoms with Gasteiger partial charge in [-0.2, -0.15) is 13.2 Å². The zero-order valence-corrected chi connectivity index (χ0v) is 13.6. The smallest absolute Gasteiger partial charge is 0.416 e. The first-order valence-electron chi connectivity index (χ1n) is 7.18. The molecule has 9 heteroatoms. The van der Waals surface area contributed by atoms with E-state index in [0.717, 1.165) is 19.2 Å². The van der Waals surface area contributed by atoms with Gasteiger partial charge in [0.25, 0.3) is 4.92 Å². The van der Waals surface area contributed by atoms with Gasteiger partial charge in [0.1, 0.15) is 5.92 Å². The van der Waals surface area contributed by atoms with Crippen LogP contribution in [-0.2, 0) is 15.7 Å². The standard InChI is InChI=1S/C16H15F3N2O4/c1-8-12(15(22)25-3)13(14(21(23)24)9(2)20-8)10-6-4-5-7-11(10)16(17,18)19/h4-7,13H,1-3H3,(H-,20,22,23,24)/p+1. The van der Waals surface area contributed by atoms with Crippen LogP contribution in [0.25, 0.3) is 0 Å². The summed E-state index contributed by atoms with van der Waals surface area (Å²) in [6, 6.07) is 4.56. The quantitative estimate of drug-likeness (QED) is 0.641. The Labute approximate surface area is 141 Å². The Hall–Kier alpha value is -2.84. The number of esters is 1. The molecule has 1 aliphatic heterocycles. The molecule has 1 heterocycles. The average molecular weight is 357 g/mol. The maximum atomic E-state index is 13.4. The van der Waals surface area contributed by atoms with Gasteiger partial charge >= 0.3 is 17.8 Å². The Bertz CT molecular complexity index is 797. The van der Waals surface area contributed by atoms with Crippen LogP contribution in [0.4, 0.5) is 13.2 Å². The summed E-state index contributed by atoms with van der Waals surface area (Å²) >= 11 is 0. The number of hydrogen-bond acceptors (Lipinski definition) is 4. The molecule has 1 aliphatic rings. The second-order valence-electron chi connectivity index (χ2n) is 5.46. The van der Waals surface area contributed by atoms with Gasteiger partial charge in [0.2, 0.25) is 0 Å². The third-order valence-electron chi connectivity index (χ3n) is 3.91. The first kappa shape index (κ1) is 18.5. The first-order valence-corrected chi connectivity index (χ1v) is 7.18. The van der Waals surface area contributed by atoms with E-state index in [9.17, 15) is 28.1 Å². The molecule has 0 saturated heterocycles. The Balaban J connectivity index is 2.82. The van der Waals surface area contributed by atoms with Crippen molar-refractivity contribution in [1.29, 1.82) is 0 Å². The highest BCUT2D eigenvalue weighted by Crippen LogP contribution is 2.43. The zero-order chi connectivity index (χ0) is 18.9. The molecule has 0 spiro atoms. The number of carbonyl (C=O) groups is 1. The van der Waals surface area contributed by atoms with Crippen LogP contribution in [0.5, 0.6) is 0 Å². The predicted octanol–water partition coefficient (Wildman–Crippen LogP) is 3.24. The number of methoxy groups -OCH3 is 1. The lowest BCUT2D eigenvalue weighted by molar-refractivity contribution is -0.757. The van der Waals surface area contributed by atoms with Crippen molar-refractivity contribution in [2.24, 2.45) is 0 Å². The molecule has 2 rings (SSSR count). The Morgan fingerprint density at radius 2 is 1.84 bits per heavy atom. The Morgan fingerprint density at radius 3 is 2.36 bits per heavy atom. The summed E-state index contributed by atoms with van der Waals surface area (Å²) in [7, 11) is 1.08. The number of halogens is 3. The van der Waals surface area contributed by atoms with Crippen molar-refractivity contribution in [3.05, 3.63) is 63.0 Å². The van der Waals surface area contributed by atoms with Crippen molar-refractivity contribution >= 4 is 5.97 Å². The lowest BCUT2D eigenvalue weighted by Gasteiger charge is -2.26. The minimum absolute atomic E-state index is 0.129. The fraction of sp³-hybridized carbons (Fsp3) is 0.312. The van der Waals surface area contributed by atoms with E-state index in [1.807, 2.05) is 0 Å². The molecule has 0 amide bonds. The van der Waals surface area contributed by atoms with Crippen LogP contribution in [0.2, 0.25) is 0 Å². The van der Waals surface area contributed by atoms with E-state index in [1.165, 1.54) is 26.0 Å². The molecule has 0 aliphatic carbocycles. The summed E-state index contributed by atoms with van der Waals surface area (Å²) in [6.07, 6.45) is -4.71. The van der Waals surface area contributed by atoms with Gasteiger partial charge < -0.3 is 10.1 Å². The van der Waals surface area contributed by atoms with Crippen LogP contribution in [0.15, 0.2) is 46.9 Å². The van der Waals surface area contributed by atoms with Crippen molar-refractivity contribution in [2.45, 2.75) is 25.9 Å². The van der Waals surface area contributed by atoms with Gasteiger partial charge in [-0.05, 0) is 25.5 Å². The molecule has 0 saturated carbocycles. The zero-order valence-electron chi connectivity index (χ0n) is 13.6. The van der Waals surface area contributed by atoms with Crippen LogP contribution in [0.1, 0.15) is 30.9 Å². The highest BCUT2D eigenvalue weighted by atomic mass is 19.4. The minimum Gasteiger partial charge on any atom is -0.466 e. The minimum atomic E-state index is -4.71. The lowest BCUT2D eigenvalue weighted by Crippen LogP contribution is -2.32. The molecule has 1 atom stereocenters. The highest BCUT2D eigenvalue weighted by Gasteiger charge is 2.47. The molecular weight excluding hydrogens is 341 g/mol. The number of rotatable bonds is 3. The van der Waals surface area contributed by atoms with Gasteiger partial charge in [-0.25, -0.2) is 10.0 Å². The summed E-state index contributed by atoms with van der Waals surface area (Å²) in [5.74, 6) is -2.34. The van der Waals surface area contributed by atoms with Crippen molar-refractivity contribution in [2.75, 3.05) is 7.11 Å². The van der Waals surface area contributed by atoms with E-state index >= 15 is 0 Å². The van der Waals surface area contributed by atoms with E-state index in [-0.39, 0.29) is 22.5 Å². The normalized spacial score (nSPS) is 18.1. The number of dihydropyridines is 1. The second-order valence-corrected chi connectivity index (χ2v) is 5.46. The number of hydrogen-bond donors (Lipinski definition) is 2. The Kier molecular flexibility index (Phi) is 4.87. The van der Waals surface area contributed by atoms with Gasteiger partial charge in [-0.1, -0.05) is 18.2 Å². The molecule has 0 fully saturated rings. The van der Waals surface area contributed by atoms with E-state index < -0.39 is 34.2 Å². The molecule has 25 heavy (non-hydrogen) atoms. The SMILES string of the molecule is COC(=O)C1=C(C)NC(C)=C([N+](=O)O)C1c1ccccc1C(F)(F)F. The van der Waals surface area contributed by atoms with Gasteiger partial charge in [-0.3, -0.25) is 0 Å². The Morgan fingerprint density at radius 1 is 1.24 bits per heavy atom. The van der Waals surface area contributed by atoms with Crippen molar-refractivity contribution in [3.8, 4) is 0 Å². The number of carbonyl (C=O) groups excluding carboxylic acids is 1. The molecule has 134 valence electrons. The maximum Gasteiger partial charge on any atom is 0.416 e. The molecule has 1 aromatic carbocycles. The topological polar surface area (TPSA) is 78.6 Å². The molecule has 0 bridgehead atoms. The monoisotopic (exact) mass is 357 g/mol. The summed E-state index contributed by atoms with van der Waals surface area (Å²) < 4.78 is 44.9. The average Bonchev–Trinajstić information content (AvgIpc) is 2.52. The molecule has 1 aromatic rings. The number of nitrogens with zero attached hydrogens (tertiary/aromatic N) is 1. The molecule has 0 aromatic heterocycles. The van der Waals surface area contributed by atoms with Crippen LogP contribution in [0, 0.1) is 4.91 Å². The van der Waals surface area contributed by atoms with Crippen LogP contribution >= 0.6 is 0 Å². The second kappa shape index (κ2) is 6.58. The van der Waals surface area contributed by atoms with Crippen LogP contribution in [0.3, 0.4) is 0 Å². The largest absolute Gasteiger partial charge is 0.466 e. The number of benzene rings is 1. The fourth-order valence-electron chi connectivity index (χ4n) is 2.93. The van der Waals surface area contributed by atoms with Gasteiger partial charge in [-0.15, -0.1) is 0 Å². The van der Waals surface area contributed by atoms with Crippen molar-refractivity contribution in [3.63, 3.8) is 0 Å². The van der Waals surface area contributed by atoms with E-state index in [4.69, 9.17) is 0 Å². The molecule has 0 radical (unpaired) electrons. The number of ether oxygens (including phenoxy) is 1. The molecular formula is C16H16F3N2O4+. The maximum absolute atomic E-state index is 13.4. The number of allylic oxidation sites excluding steroid dienone is 3. The number of alkyl halides is 3. The molecule has 6 nitrogen and oxygen atoms in total. The summed E-state index contributed by atoms with van der Waals surface area (Å²) in [6.45, 7) is 2.89. The van der Waals surface area contributed by atoms with Crippen LogP contribution in [-0.4, -0.2) is 23.2 Å². The summed E-state index contributed by atoms with van der Waals surface area (Å²) in [4.78, 5) is 23.3. The molecule has 1 unspecified atom stereocenters. The van der Waals surface area contributed by atoms with E-state index in [1.54, 1.807) is 0 Å². The summed E-state index contributed by atoms with van der Waals surface area (Å²) in [5.41, 5.74) is -1.58. The van der Waals surface area contributed by atoms with Crippen LogP contribution < -0.4 is 5.32 Å². The third-order valence-corrected chi connectivity index (χ3v) is 3.91. The van der Waals surface area contributed by atoms with E-state index in [2.05, 4.69) is 10.1 Å². The number of nitrogens with one attached hydrogen (secondary N) is 1. The third kappa shape index (κ3) is 3.35. The highest BCUT2D eigenvalue weighted by molar-refractivity contribution is 5.92.